The summed E-state index contributed by atoms with van der Waals surface area (Å²) in [5, 5.41) is -0.164. The maximum atomic E-state index is 12.4. The molecule has 0 atom stereocenters. The Morgan fingerprint density at radius 3 is 2.26 bits per heavy atom. The largest absolute Gasteiger partial charge is 0.301 e. The van der Waals surface area contributed by atoms with Crippen LogP contribution in [-0.2, 0) is 15.6 Å². The van der Waals surface area contributed by atoms with Crippen molar-refractivity contribution in [3.8, 4) is 0 Å². The lowest BCUT2D eigenvalue weighted by Crippen LogP contribution is -2.42. The first-order chi connectivity index (χ1) is 8.99. The molecular weight excluding hydrogens is 258 g/mol. The van der Waals surface area contributed by atoms with Gasteiger partial charge in [0, 0.05) is 6.04 Å². The Morgan fingerprint density at radius 1 is 1.16 bits per heavy atom. The number of rotatable bonds is 4. The van der Waals surface area contributed by atoms with Crippen LogP contribution in [0.5, 0.6) is 0 Å². The van der Waals surface area contributed by atoms with E-state index in [2.05, 4.69) is 18.7 Å². The second-order valence-electron chi connectivity index (χ2n) is 5.62. The summed E-state index contributed by atoms with van der Waals surface area (Å²) in [6.45, 7) is 6.13. The van der Waals surface area contributed by atoms with Crippen LogP contribution < -0.4 is 0 Å². The zero-order valence-electron chi connectivity index (χ0n) is 11.7. The highest BCUT2D eigenvalue weighted by Crippen LogP contribution is 2.22. The fraction of sp³-hybridized carbons (Fsp3) is 0.600. The van der Waals surface area contributed by atoms with E-state index in [0.717, 1.165) is 31.5 Å². The molecular formula is C15H23NO2S. The van der Waals surface area contributed by atoms with Gasteiger partial charge in [0.2, 0.25) is 0 Å². The van der Waals surface area contributed by atoms with E-state index in [0.29, 0.717) is 6.04 Å². The highest BCUT2D eigenvalue weighted by atomic mass is 32.2. The summed E-state index contributed by atoms with van der Waals surface area (Å²) in [7, 11) is -3.01. The van der Waals surface area contributed by atoms with Crippen molar-refractivity contribution in [1.29, 1.82) is 0 Å². The number of hydrogen-bond donors (Lipinski definition) is 0. The molecule has 1 heterocycles. The second kappa shape index (κ2) is 6.06. The number of sulfone groups is 1. The van der Waals surface area contributed by atoms with E-state index in [-0.39, 0.29) is 11.0 Å². The van der Waals surface area contributed by atoms with Gasteiger partial charge in [0.15, 0.2) is 9.84 Å². The molecule has 4 heteroatoms. The first kappa shape index (κ1) is 14.5. The quantitative estimate of drug-likeness (QED) is 0.851. The standard InChI is InChI=1S/C15H23NO2S/c1-13(2)16-10-8-15(9-11-16)19(17,18)12-14-6-4-3-5-7-14/h3-7,13,15H,8-12H2,1-2H3. The minimum Gasteiger partial charge on any atom is -0.301 e. The number of nitrogens with zero attached hydrogens (tertiary/aromatic N) is 1. The van der Waals surface area contributed by atoms with Gasteiger partial charge in [0.05, 0.1) is 11.0 Å². The van der Waals surface area contributed by atoms with Crippen molar-refractivity contribution < 1.29 is 8.42 Å². The average Bonchev–Trinajstić information content (AvgIpc) is 2.39. The molecule has 1 fully saturated rings. The van der Waals surface area contributed by atoms with Crippen LogP contribution in [0.25, 0.3) is 0 Å². The summed E-state index contributed by atoms with van der Waals surface area (Å²) in [6.07, 6.45) is 1.54. The molecule has 1 aromatic rings. The molecule has 0 bridgehead atoms. The summed E-state index contributed by atoms with van der Waals surface area (Å²) < 4.78 is 24.8. The number of piperidine rings is 1. The Hall–Kier alpha value is -0.870. The lowest BCUT2D eigenvalue weighted by molar-refractivity contribution is 0.186. The zero-order chi connectivity index (χ0) is 13.9. The van der Waals surface area contributed by atoms with Crippen molar-refractivity contribution in [2.75, 3.05) is 13.1 Å². The van der Waals surface area contributed by atoms with Gasteiger partial charge in [0.25, 0.3) is 0 Å². The maximum absolute atomic E-state index is 12.4. The molecule has 2 rings (SSSR count). The van der Waals surface area contributed by atoms with Gasteiger partial charge in [-0.3, -0.25) is 0 Å². The predicted molar refractivity (Wildman–Crippen MR) is 78.8 cm³/mol. The second-order valence-corrected chi connectivity index (χ2v) is 7.90. The van der Waals surface area contributed by atoms with Gasteiger partial charge < -0.3 is 4.90 Å². The fourth-order valence-corrected chi connectivity index (χ4v) is 4.50. The molecule has 0 amide bonds. The number of hydrogen-bond acceptors (Lipinski definition) is 3. The van der Waals surface area contributed by atoms with Crippen LogP contribution in [0.15, 0.2) is 30.3 Å². The van der Waals surface area contributed by atoms with E-state index in [1.807, 2.05) is 30.3 Å². The van der Waals surface area contributed by atoms with Gasteiger partial charge in [0.1, 0.15) is 0 Å². The van der Waals surface area contributed by atoms with Crippen molar-refractivity contribution in [3.63, 3.8) is 0 Å². The molecule has 1 aliphatic heterocycles. The molecule has 19 heavy (non-hydrogen) atoms. The molecule has 0 aromatic heterocycles. The molecule has 1 aliphatic rings. The van der Waals surface area contributed by atoms with Crippen LogP contribution in [-0.4, -0.2) is 37.7 Å². The molecule has 1 aromatic carbocycles. The highest BCUT2D eigenvalue weighted by Gasteiger charge is 2.30. The van der Waals surface area contributed by atoms with Crippen LogP contribution in [0.4, 0.5) is 0 Å². The van der Waals surface area contributed by atoms with E-state index in [1.54, 1.807) is 0 Å². The molecule has 1 saturated heterocycles. The number of benzene rings is 1. The van der Waals surface area contributed by atoms with E-state index in [1.165, 1.54) is 0 Å². The topological polar surface area (TPSA) is 37.4 Å². The lowest BCUT2D eigenvalue weighted by Gasteiger charge is -2.34. The van der Waals surface area contributed by atoms with Crippen LogP contribution in [0, 0.1) is 0 Å². The van der Waals surface area contributed by atoms with E-state index in [9.17, 15) is 8.42 Å². The Morgan fingerprint density at radius 2 is 1.74 bits per heavy atom. The molecule has 0 spiro atoms. The Labute approximate surface area is 116 Å². The van der Waals surface area contributed by atoms with E-state index in [4.69, 9.17) is 0 Å². The molecule has 3 nitrogen and oxygen atoms in total. The van der Waals surface area contributed by atoms with Gasteiger partial charge in [-0.15, -0.1) is 0 Å². The highest BCUT2D eigenvalue weighted by molar-refractivity contribution is 7.91. The van der Waals surface area contributed by atoms with Gasteiger partial charge in [-0.05, 0) is 45.3 Å². The SMILES string of the molecule is CC(C)N1CCC(S(=O)(=O)Cc2ccccc2)CC1. The first-order valence-corrected chi connectivity index (χ1v) is 8.70. The molecule has 0 radical (unpaired) electrons. The minimum atomic E-state index is -3.01. The molecule has 0 N–H and O–H groups in total. The minimum absolute atomic E-state index is 0.164. The molecule has 0 aliphatic carbocycles. The normalized spacial score (nSPS) is 18.9. The zero-order valence-corrected chi connectivity index (χ0v) is 12.6. The van der Waals surface area contributed by atoms with Crippen LogP contribution in [0.1, 0.15) is 32.3 Å². The van der Waals surface area contributed by atoms with Gasteiger partial charge in [-0.1, -0.05) is 30.3 Å². The van der Waals surface area contributed by atoms with Crippen molar-refractivity contribution in [2.24, 2.45) is 0 Å². The maximum Gasteiger partial charge on any atom is 0.157 e. The smallest absolute Gasteiger partial charge is 0.157 e. The van der Waals surface area contributed by atoms with Gasteiger partial charge in [-0.25, -0.2) is 8.42 Å². The first-order valence-electron chi connectivity index (χ1n) is 6.98. The van der Waals surface area contributed by atoms with Gasteiger partial charge >= 0.3 is 0 Å². The third-order valence-corrected chi connectivity index (χ3v) is 6.15. The molecule has 0 unspecified atom stereocenters. The summed E-state index contributed by atoms with van der Waals surface area (Å²) in [4.78, 5) is 2.36. The Balaban J connectivity index is 1.98. The van der Waals surface area contributed by atoms with Crippen molar-refractivity contribution in [3.05, 3.63) is 35.9 Å². The fourth-order valence-electron chi connectivity index (χ4n) is 2.68. The lowest BCUT2D eigenvalue weighted by atomic mass is 10.1. The van der Waals surface area contributed by atoms with Crippen LogP contribution >= 0.6 is 0 Å². The summed E-state index contributed by atoms with van der Waals surface area (Å²) >= 11 is 0. The third kappa shape index (κ3) is 3.80. The van der Waals surface area contributed by atoms with Crippen LogP contribution in [0.2, 0.25) is 0 Å². The van der Waals surface area contributed by atoms with Crippen molar-refractivity contribution >= 4 is 9.84 Å². The Bertz CT molecular complexity index is 488. The third-order valence-electron chi connectivity index (χ3n) is 3.93. The molecule has 106 valence electrons. The van der Waals surface area contributed by atoms with Gasteiger partial charge in [-0.2, -0.15) is 0 Å². The van der Waals surface area contributed by atoms with Crippen molar-refractivity contribution in [2.45, 2.75) is 43.7 Å². The van der Waals surface area contributed by atoms with Crippen molar-refractivity contribution in [1.82, 2.24) is 4.90 Å². The average molecular weight is 281 g/mol. The van der Waals surface area contributed by atoms with Crippen LogP contribution in [0.3, 0.4) is 0 Å². The predicted octanol–water partition coefficient (Wildman–Crippen LogP) is 2.47. The van der Waals surface area contributed by atoms with E-state index < -0.39 is 9.84 Å². The summed E-state index contributed by atoms with van der Waals surface area (Å²) in [6, 6.07) is 10.00. The summed E-state index contributed by atoms with van der Waals surface area (Å²) in [5.41, 5.74) is 0.897. The number of likely N-dealkylation sites (tertiary alicyclic amines) is 1. The Kier molecular flexibility index (Phi) is 4.63. The van der Waals surface area contributed by atoms with E-state index >= 15 is 0 Å². The monoisotopic (exact) mass is 281 g/mol. The summed E-state index contributed by atoms with van der Waals surface area (Å²) in [5.74, 6) is 0.181. The molecule has 0 saturated carbocycles.